The van der Waals surface area contributed by atoms with Crippen LogP contribution in [0.25, 0.3) is 16.9 Å². The second-order valence-electron chi connectivity index (χ2n) is 7.65. The van der Waals surface area contributed by atoms with E-state index in [1.54, 1.807) is 28.5 Å². The van der Waals surface area contributed by atoms with Gasteiger partial charge in [0.05, 0.1) is 23.6 Å². The van der Waals surface area contributed by atoms with Crippen LogP contribution in [0.2, 0.25) is 0 Å². The molecule has 31 heavy (non-hydrogen) atoms. The SMILES string of the molecule is Cc1cn2c(C(=O)N3CCc4c(nn(C)c4-c4cc(F)c(F)c(F)c4)C3)cccc2n1. The molecule has 0 radical (unpaired) electrons. The van der Waals surface area contributed by atoms with Crippen LogP contribution in [0.4, 0.5) is 13.2 Å². The minimum Gasteiger partial charge on any atom is -0.331 e. The molecule has 1 amide bonds. The Morgan fingerprint density at radius 3 is 2.61 bits per heavy atom. The number of aryl methyl sites for hydroxylation is 2. The Labute approximate surface area is 175 Å². The van der Waals surface area contributed by atoms with Gasteiger partial charge in [-0.25, -0.2) is 18.2 Å². The van der Waals surface area contributed by atoms with Gasteiger partial charge in [0, 0.05) is 30.9 Å². The first-order chi connectivity index (χ1) is 14.8. The van der Waals surface area contributed by atoms with Gasteiger partial charge in [0.25, 0.3) is 5.91 Å². The Kier molecular flexibility index (Phi) is 4.35. The molecule has 0 bridgehead atoms. The molecule has 6 nitrogen and oxygen atoms in total. The van der Waals surface area contributed by atoms with Crippen molar-refractivity contribution in [3.05, 3.63) is 76.6 Å². The van der Waals surface area contributed by atoms with E-state index in [1.165, 1.54) is 4.68 Å². The molecule has 4 aromatic rings. The van der Waals surface area contributed by atoms with Crippen LogP contribution in [-0.4, -0.2) is 36.5 Å². The van der Waals surface area contributed by atoms with Gasteiger partial charge in [0.1, 0.15) is 11.3 Å². The largest absolute Gasteiger partial charge is 0.331 e. The topological polar surface area (TPSA) is 55.4 Å². The predicted octanol–water partition coefficient (Wildman–Crippen LogP) is 3.66. The number of benzene rings is 1. The molecule has 158 valence electrons. The monoisotopic (exact) mass is 425 g/mol. The molecular formula is C22H18F3N5O. The summed E-state index contributed by atoms with van der Waals surface area (Å²) in [6.45, 7) is 2.55. The average Bonchev–Trinajstić information content (AvgIpc) is 3.28. The van der Waals surface area contributed by atoms with E-state index in [9.17, 15) is 18.0 Å². The third-order valence-electron chi connectivity index (χ3n) is 5.58. The molecule has 1 aliphatic heterocycles. The highest BCUT2D eigenvalue weighted by molar-refractivity contribution is 5.93. The smallest absolute Gasteiger partial charge is 0.271 e. The van der Waals surface area contributed by atoms with Crippen LogP contribution in [0.3, 0.4) is 0 Å². The molecule has 1 aromatic carbocycles. The van der Waals surface area contributed by atoms with Crippen LogP contribution in [0.15, 0.2) is 36.5 Å². The van der Waals surface area contributed by atoms with Gasteiger partial charge >= 0.3 is 0 Å². The fraction of sp³-hybridized carbons (Fsp3) is 0.227. The molecule has 3 aromatic heterocycles. The molecule has 0 N–H and O–H groups in total. The lowest BCUT2D eigenvalue weighted by Crippen LogP contribution is -2.36. The summed E-state index contributed by atoms with van der Waals surface area (Å²) >= 11 is 0. The first-order valence-electron chi connectivity index (χ1n) is 9.77. The molecule has 0 saturated heterocycles. The number of fused-ring (bicyclic) bond motifs is 2. The minimum absolute atomic E-state index is 0.153. The molecule has 1 aliphatic rings. The summed E-state index contributed by atoms with van der Waals surface area (Å²) in [7, 11) is 1.66. The van der Waals surface area contributed by atoms with Crippen LogP contribution in [0.1, 0.15) is 27.4 Å². The third kappa shape index (κ3) is 3.08. The third-order valence-corrected chi connectivity index (χ3v) is 5.58. The van der Waals surface area contributed by atoms with Gasteiger partial charge in [-0.3, -0.25) is 13.9 Å². The van der Waals surface area contributed by atoms with E-state index in [0.29, 0.717) is 35.7 Å². The van der Waals surface area contributed by atoms with Crippen molar-refractivity contribution >= 4 is 11.6 Å². The quantitative estimate of drug-likeness (QED) is 0.461. The Morgan fingerprint density at radius 1 is 1.13 bits per heavy atom. The lowest BCUT2D eigenvalue weighted by atomic mass is 9.99. The van der Waals surface area contributed by atoms with Crippen molar-refractivity contribution in [1.82, 2.24) is 24.1 Å². The number of rotatable bonds is 2. The number of carbonyl (C=O) groups is 1. The number of carbonyl (C=O) groups excluding carboxylic acids is 1. The minimum atomic E-state index is -1.50. The van der Waals surface area contributed by atoms with Crippen molar-refractivity contribution in [2.45, 2.75) is 19.9 Å². The molecule has 0 spiro atoms. The van der Waals surface area contributed by atoms with Crippen molar-refractivity contribution in [1.29, 1.82) is 0 Å². The first kappa shape index (κ1) is 19.3. The number of hydrogen-bond donors (Lipinski definition) is 0. The van der Waals surface area contributed by atoms with Gasteiger partial charge in [-0.1, -0.05) is 6.07 Å². The van der Waals surface area contributed by atoms with Gasteiger partial charge in [-0.05, 0) is 37.6 Å². The number of nitrogens with zero attached hydrogens (tertiary/aromatic N) is 5. The summed E-state index contributed by atoms with van der Waals surface area (Å²) < 4.78 is 44.2. The normalized spacial score (nSPS) is 13.6. The van der Waals surface area contributed by atoms with Crippen molar-refractivity contribution in [3.8, 4) is 11.3 Å². The van der Waals surface area contributed by atoms with E-state index >= 15 is 0 Å². The summed E-state index contributed by atoms with van der Waals surface area (Å²) in [4.78, 5) is 19.3. The first-order valence-corrected chi connectivity index (χ1v) is 9.77. The maximum atomic E-state index is 13.8. The molecule has 5 rings (SSSR count). The molecule has 0 saturated carbocycles. The fourth-order valence-electron chi connectivity index (χ4n) is 4.22. The molecular weight excluding hydrogens is 407 g/mol. The number of hydrogen-bond acceptors (Lipinski definition) is 3. The fourth-order valence-corrected chi connectivity index (χ4v) is 4.22. The molecule has 0 unspecified atom stereocenters. The summed E-state index contributed by atoms with van der Waals surface area (Å²) in [6.07, 6.45) is 2.28. The second-order valence-corrected chi connectivity index (χ2v) is 7.65. The van der Waals surface area contributed by atoms with Gasteiger partial charge in [-0.15, -0.1) is 0 Å². The zero-order valence-corrected chi connectivity index (χ0v) is 16.9. The summed E-state index contributed by atoms with van der Waals surface area (Å²) in [5, 5.41) is 4.47. The number of imidazole rings is 1. The summed E-state index contributed by atoms with van der Waals surface area (Å²) in [5.41, 5.74) is 4.19. The maximum absolute atomic E-state index is 13.8. The van der Waals surface area contributed by atoms with Gasteiger partial charge < -0.3 is 4.90 Å². The standard InChI is InChI=1S/C22H18F3N5O/c1-12-10-30-18(4-3-5-19(30)26-12)22(31)29-7-6-14-17(11-29)27-28(2)21(14)13-8-15(23)20(25)16(24)9-13/h3-5,8-10H,6-7,11H2,1-2H3. The van der Waals surface area contributed by atoms with E-state index < -0.39 is 17.5 Å². The number of amides is 1. The van der Waals surface area contributed by atoms with Gasteiger partial charge in [0.15, 0.2) is 17.5 Å². The molecule has 0 atom stereocenters. The van der Waals surface area contributed by atoms with Gasteiger partial charge in [-0.2, -0.15) is 5.10 Å². The Morgan fingerprint density at radius 2 is 1.87 bits per heavy atom. The lowest BCUT2D eigenvalue weighted by molar-refractivity contribution is 0.0725. The van der Waals surface area contributed by atoms with Crippen molar-refractivity contribution < 1.29 is 18.0 Å². The Bertz CT molecular complexity index is 1330. The van der Waals surface area contributed by atoms with Crippen molar-refractivity contribution in [2.75, 3.05) is 6.54 Å². The number of pyridine rings is 1. The molecule has 0 fully saturated rings. The highest BCUT2D eigenvalue weighted by Crippen LogP contribution is 2.32. The van der Waals surface area contributed by atoms with Crippen molar-refractivity contribution in [3.63, 3.8) is 0 Å². The zero-order chi connectivity index (χ0) is 21.9. The van der Waals surface area contributed by atoms with Crippen LogP contribution < -0.4 is 0 Å². The Balaban J connectivity index is 1.49. The zero-order valence-electron chi connectivity index (χ0n) is 16.9. The molecule has 9 heteroatoms. The predicted molar refractivity (Wildman–Crippen MR) is 107 cm³/mol. The summed E-state index contributed by atoms with van der Waals surface area (Å²) in [6, 6.07) is 7.31. The average molecular weight is 425 g/mol. The van der Waals surface area contributed by atoms with Crippen LogP contribution >= 0.6 is 0 Å². The lowest BCUT2D eigenvalue weighted by Gasteiger charge is -2.27. The van der Waals surface area contributed by atoms with Crippen molar-refractivity contribution in [2.24, 2.45) is 7.05 Å². The van der Waals surface area contributed by atoms with Crippen LogP contribution in [0.5, 0.6) is 0 Å². The van der Waals surface area contributed by atoms with E-state index in [1.807, 2.05) is 19.2 Å². The summed E-state index contributed by atoms with van der Waals surface area (Å²) in [5.74, 6) is -4.15. The van der Waals surface area contributed by atoms with Gasteiger partial charge in [0.2, 0.25) is 0 Å². The van der Waals surface area contributed by atoms with Crippen LogP contribution in [0, 0.1) is 24.4 Å². The number of halogens is 3. The number of aromatic nitrogens is 4. The molecule has 0 aliphatic carbocycles. The van der Waals surface area contributed by atoms with E-state index in [2.05, 4.69) is 10.1 Å². The highest BCUT2D eigenvalue weighted by Gasteiger charge is 2.29. The second kappa shape index (κ2) is 6.97. The van der Waals surface area contributed by atoms with E-state index in [0.717, 1.165) is 23.4 Å². The van der Waals surface area contributed by atoms with Crippen LogP contribution in [-0.2, 0) is 20.0 Å². The van der Waals surface area contributed by atoms with E-state index in [-0.39, 0.29) is 18.0 Å². The van der Waals surface area contributed by atoms with E-state index in [4.69, 9.17) is 0 Å². The highest BCUT2D eigenvalue weighted by atomic mass is 19.2. The maximum Gasteiger partial charge on any atom is 0.271 e. The molecule has 4 heterocycles. The Hall–Kier alpha value is -3.62.